The second-order valence-electron chi connectivity index (χ2n) is 5.09. The van der Waals surface area contributed by atoms with Crippen LogP contribution in [0.4, 0.5) is 5.82 Å². The average molecular weight is 388 g/mol. The van der Waals surface area contributed by atoms with Gasteiger partial charge in [-0.25, -0.2) is 9.97 Å². The number of hydrogen-bond acceptors (Lipinski definition) is 4. The van der Waals surface area contributed by atoms with Crippen LogP contribution in [0.5, 0.6) is 0 Å². The van der Waals surface area contributed by atoms with E-state index in [2.05, 4.69) is 53.5 Å². The number of hydrogen-bond donors (Lipinski definition) is 1. The monoisotopic (exact) mass is 388 g/mol. The topological polar surface area (TPSA) is 42.7 Å². The van der Waals surface area contributed by atoms with E-state index in [1.165, 1.54) is 37.8 Å². The first-order valence-electron chi connectivity index (χ1n) is 6.68. The molecule has 0 saturated heterocycles. The molecular weight excluding hydrogens is 371 g/mol. The third-order valence-corrected chi connectivity index (χ3v) is 5.52. The molecule has 2 aromatic rings. The van der Waals surface area contributed by atoms with E-state index >= 15 is 0 Å². The van der Waals surface area contributed by atoms with Crippen LogP contribution < -0.4 is 5.32 Å². The van der Waals surface area contributed by atoms with Crippen LogP contribution >= 0.6 is 30.3 Å². The van der Waals surface area contributed by atoms with Crippen molar-refractivity contribution < 1.29 is 0 Å². The highest BCUT2D eigenvalue weighted by atomic mass is 127. The minimum absolute atomic E-state index is 0.572. The molecule has 2 heterocycles. The molecule has 1 aliphatic rings. The van der Waals surface area contributed by atoms with E-state index in [4.69, 9.17) is 0 Å². The molecule has 0 radical (unpaired) electrons. The number of rotatable bonds is 3. The fourth-order valence-corrected chi connectivity index (χ4v) is 4.62. The van der Waals surface area contributed by atoms with Gasteiger partial charge in [0.2, 0.25) is 0 Å². The minimum Gasteiger partial charge on any atom is -0.367 e. The van der Waals surface area contributed by atoms with Crippen molar-refractivity contribution in [2.24, 2.45) is 0 Å². The van der Waals surface area contributed by atoms with E-state index < -0.39 is 0 Å². The van der Waals surface area contributed by atoms with Crippen molar-refractivity contribution in [1.82, 2.24) is 13.9 Å². The van der Waals surface area contributed by atoms with Crippen molar-refractivity contribution in [2.45, 2.75) is 45.1 Å². The van der Waals surface area contributed by atoms with Crippen molar-refractivity contribution in [1.29, 1.82) is 0 Å². The van der Waals surface area contributed by atoms with E-state index in [0.717, 1.165) is 16.9 Å². The zero-order valence-corrected chi connectivity index (χ0v) is 13.9. The zero-order chi connectivity index (χ0) is 13.2. The van der Waals surface area contributed by atoms with Crippen molar-refractivity contribution in [3.63, 3.8) is 0 Å². The Morgan fingerprint density at radius 2 is 2.11 bits per heavy atom. The maximum atomic E-state index is 4.44. The summed E-state index contributed by atoms with van der Waals surface area (Å²) in [6.07, 6.45) is 8.21. The average Bonchev–Trinajstić information content (AvgIpc) is 2.76. The molecule has 0 bridgehead atoms. The number of aryl methyl sites for hydroxylation is 1. The number of nitrogens with one attached hydrogen (secondary N) is 1. The van der Waals surface area contributed by atoms with Gasteiger partial charge in [0, 0.05) is 42.1 Å². The Hall–Kier alpha value is -0.500. The summed E-state index contributed by atoms with van der Waals surface area (Å²) in [4.78, 5) is 8.86. The first-order valence-corrected chi connectivity index (χ1v) is 10.00. The predicted molar refractivity (Wildman–Crippen MR) is 89.8 cm³/mol. The van der Waals surface area contributed by atoms with E-state index in [1.54, 1.807) is 15.4 Å². The Morgan fingerprint density at radius 1 is 1.32 bits per heavy atom. The lowest BCUT2D eigenvalue weighted by Crippen LogP contribution is -2.22. The fraction of sp³-hybridized carbons (Fsp3) is 0.538. The normalized spacial score (nSPS) is 16.9. The highest BCUT2D eigenvalue weighted by molar-refractivity contribution is 14.2. The number of anilines is 1. The van der Waals surface area contributed by atoms with Gasteiger partial charge >= 0.3 is 0 Å². The van der Waals surface area contributed by atoms with Crippen molar-refractivity contribution >= 4 is 47.2 Å². The standard InChI is InChI=1S/C13H17IN4S/c1-9-7-11-12(17-10-5-3-2-4-6-10)15-8-16-13(11)18(9)19-14/h7-8,10H,2-6H2,1H3,(H,15,16,17). The third-order valence-electron chi connectivity index (χ3n) is 3.74. The van der Waals surface area contributed by atoms with Gasteiger partial charge < -0.3 is 5.32 Å². The van der Waals surface area contributed by atoms with Crippen LogP contribution in [0.1, 0.15) is 37.8 Å². The first-order chi connectivity index (χ1) is 9.29. The molecule has 0 spiro atoms. The van der Waals surface area contributed by atoms with Gasteiger partial charge in [0.05, 0.1) is 5.39 Å². The van der Waals surface area contributed by atoms with Crippen molar-refractivity contribution in [3.05, 3.63) is 18.1 Å². The van der Waals surface area contributed by atoms with Gasteiger partial charge in [-0.2, -0.15) is 0 Å². The van der Waals surface area contributed by atoms with Crippen LogP contribution in [-0.4, -0.2) is 20.0 Å². The summed E-state index contributed by atoms with van der Waals surface area (Å²) in [5.74, 6) is 0.990. The second kappa shape index (κ2) is 5.87. The minimum atomic E-state index is 0.572. The maximum absolute atomic E-state index is 4.44. The summed E-state index contributed by atoms with van der Waals surface area (Å²) < 4.78 is 2.14. The lowest BCUT2D eigenvalue weighted by molar-refractivity contribution is 0.462. The highest BCUT2D eigenvalue weighted by Gasteiger charge is 2.17. The second-order valence-corrected chi connectivity index (χ2v) is 6.77. The smallest absolute Gasteiger partial charge is 0.156 e. The van der Waals surface area contributed by atoms with Crippen LogP contribution in [0.25, 0.3) is 11.0 Å². The molecule has 6 heteroatoms. The number of nitrogens with zero attached hydrogens (tertiary/aromatic N) is 3. The summed E-state index contributed by atoms with van der Waals surface area (Å²) in [5, 5.41) is 4.75. The van der Waals surface area contributed by atoms with Crippen LogP contribution in [0.15, 0.2) is 12.4 Å². The summed E-state index contributed by atoms with van der Waals surface area (Å²) >= 11 is 2.29. The van der Waals surface area contributed by atoms with E-state index in [-0.39, 0.29) is 0 Å². The molecule has 0 unspecified atom stereocenters. The molecule has 1 aliphatic carbocycles. The Labute approximate surface area is 129 Å². The molecule has 0 atom stereocenters. The Kier molecular flexibility index (Phi) is 4.16. The largest absolute Gasteiger partial charge is 0.367 e. The summed E-state index contributed by atoms with van der Waals surface area (Å²) in [6.45, 7) is 2.11. The molecule has 19 heavy (non-hydrogen) atoms. The van der Waals surface area contributed by atoms with Crippen LogP contribution in [0, 0.1) is 6.92 Å². The molecule has 2 aromatic heterocycles. The molecule has 0 aromatic carbocycles. The molecule has 0 aliphatic heterocycles. The van der Waals surface area contributed by atoms with Crippen LogP contribution in [0.2, 0.25) is 0 Å². The van der Waals surface area contributed by atoms with Gasteiger partial charge in [0.1, 0.15) is 12.1 Å². The molecule has 0 amide bonds. The number of fused-ring (bicyclic) bond motifs is 1. The van der Waals surface area contributed by atoms with Gasteiger partial charge in [-0.15, -0.1) is 0 Å². The van der Waals surface area contributed by atoms with Gasteiger partial charge in [-0.05, 0) is 25.8 Å². The fourth-order valence-electron chi connectivity index (χ4n) is 2.76. The summed E-state index contributed by atoms with van der Waals surface area (Å²) in [5.41, 5.74) is 2.21. The first kappa shape index (κ1) is 13.5. The number of aromatic nitrogens is 3. The maximum Gasteiger partial charge on any atom is 0.156 e. The molecule has 4 nitrogen and oxygen atoms in total. The van der Waals surface area contributed by atoms with Crippen molar-refractivity contribution in [2.75, 3.05) is 5.32 Å². The molecule has 102 valence electrons. The van der Waals surface area contributed by atoms with E-state index in [0.29, 0.717) is 6.04 Å². The Morgan fingerprint density at radius 3 is 2.84 bits per heavy atom. The van der Waals surface area contributed by atoms with Crippen LogP contribution in [-0.2, 0) is 0 Å². The number of halogens is 1. The highest BCUT2D eigenvalue weighted by Crippen LogP contribution is 2.31. The zero-order valence-electron chi connectivity index (χ0n) is 10.9. The quantitative estimate of drug-likeness (QED) is 0.795. The van der Waals surface area contributed by atoms with Crippen LogP contribution in [0.3, 0.4) is 0 Å². The predicted octanol–water partition coefficient (Wildman–Crippen LogP) is 4.33. The van der Waals surface area contributed by atoms with E-state index in [1.807, 2.05) is 0 Å². The Bertz CT molecular complexity index is 577. The van der Waals surface area contributed by atoms with Gasteiger partial charge in [0.15, 0.2) is 5.65 Å². The van der Waals surface area contributed by atoms with Crippen molar-refractivity contribution in [3.8, 4) is 0 Å². The van der Waals surface area contributed by atoms with Gasteiger partial charge in [-0.3, -0.25) is 3.97 Å². The Balaban J connectivity index is 1.94. The molecule has 1 saturated carbocycles. The molecule has 1 fully saturated rings. The lowest BCUT2D eigenvalue weighted by atomic mass is 9.95. The molecular formula is C13H17IN4S. The van der Waals surface area contributed by atoms with Gasteiger partial charge in [-0.1, -0.05) is 19.3 Å². The molecule has 3 rings (SSSR count). The van der Waals surface area contributed by atoms with Gasteiger partial charge in [0.25, 0.3) is 0 Å². The summed E-state index contributed by atoms with van der Waals surface area (Å²) in [6, 6.07) is 2.74. The van der Waals surface area contributed by atoms with E-state index in [9.17, 15) is 0 Å². The lowest BCUT2D eigenvalue weighted by Gasteiger charge is -2.23. The SMILES string of the molecule is Cc1cc2c(NC3CCCCC3)ncnc2n1SI. The third kappa shape index (κ3) is 2.69. The summed E-state index contributed by atoms with van der Waals surface area (Å²) in [7, 11) is 1.65. The molecule has 1 N–H and O–H groups in total.